The summed E-state index contributed by atoms with van der Waals surface area (Å²) in [5, 5.41) is 1.26. The van der Waals surface area contributed by atoms with Gasteiger partial charge < -0.3 is 11.5 Å². The van der Waals surface area contributed by atoms with Gasteiger partial charge in [-0.15, -0.1) is 0 Å². The minimum Gasteiger partial charge on any atom is -0.366 e. The van der Waals surface area contributed by atoms with E-state index >= 15 is 0 Å². The van der Waals surface area contributed by atoms with Crippen molar-refractivity contribution >= 4 is 17.4 Å². The van der Waals surface area contributed by atoms with E-state index in [-0.39, 0.29) is 29.2 Å². The number of primary amides is 1. The summed E-state index contributed by atoms with van der Waals surface area (Å²) in [4.78, 5) is 19.0. The topological polar surface area (TPSA) is 110 Å². The fraction of sp³-hybridized carbons (Fsp3) is 0.312. The van der Waals surface area contributed by atoms with E-state index in [0.717, 1.165) is 6.20 Å². The normalized spacial score (nSPS) is 13.3. The maximum atomic E-state index is 14.3. The molecule has 2 rings (SSSR count). The first-order chi connectivity index (χ1) is 11.8. The van der Waals surface area contributed by atoms with Crippen LogP contribution < -0.4 is 21.9 Å². The number of rotatable bonds is 7. The largest absolute Gasteiger partial charge is 0.366 e. The third kappa shape index (κ3) is 4.25. The number of nitrogens with two attached hydrogens (primary N) is 2. The van der Waals surface area contributed by atoms with Crippen molar-refractivity contribution in [2.45, 2.75) is 32.4 Å². The van der Waals surface area contributed by atoms with E-state index in [0.29, 0.717) is 6.42 Å². The van der Waals surface area contributed by atoms with E-state index in [2.05, 4.69) is 15.4 Å². The summed E-state index contributed by atoms with van der Waals surface area (Å²) in [5.41, 5.74) is 14.2. The second kappa shape index (κ2) is 7.95. The van der Waals surface area contributed by atoms with Crippen molar-refractivity contribution in [1.29, 1.82) is 0 Å². The van der Waals surface area contributed by atoms with Crippen LogP contribution in [-0.2, 0) is 0 Å². The Morgan fingerprint density at radius 2 is 2.04 bits per heavy atom. The molecule has 2 aromatic heterocycles. The SMILES string of the molecule is CC[C@@H](NN(c1ccc(C(N)=O)cn1)c1cncc(F)c1F)[C@H](C)N. The lowest BCUT2D eigenvalue weighted by atomic mass is 10.1. The van der Waals surface area contributed by atoms with Gasteiger partial charge in [-0.1, -0.05) is 6.92 Å². The zero-order chi connectivity index (χ0) is 18.6. The van der Waals surface area contributed by atoms with E-state index in [1.54, 1.807) is 6.92 Å². The van der Waals surface area contributed by atoms with Gasteiger partial charge in [0.25, 0.3) is 0 Å². The fourth-order valence-electron chi connectivity index (χ4n) is 2.23. The number of nitrogens with zero attached hydrogens (tertiary/aromatic N) is 3. The lowest BCUT2D eigenvalue weighted by molar-refractivity contribution is 0.1000. The van der Waals surface area contributed by atoms with Crippen molar-refractivity contribution in [3.8, 4) is 0 Å². The van der Waals surface area contributed by atoms with Crippen LogP contribution in [0.4, 0.5) is 20.3 Å². The fourth-order valence-corrected chi connectivity index (χ4v) is 2.23. The van der Waals surface area contributed by atoms with Crippen LogP contribution in [0.5, 0.6) is 0 Å². The Bertz CT molecular complexity index is 738. The third-order valence-electron chi connectivity index (χ3n) is 3.69. The zero-order valence-electron chi connectivity index (χ0n) is 13.9. The van der Waals surface area contributed by atoms with Crippen molar-refractivity contribution < 1.29 is 13.6 Å². The van der Waals surface area contributed by atoms with Gasteiger partial charge in [-0.05, 0) is 25.5 Å². The predicted molar refractivity (Wildman–Crippen MR) is 89.9 cm³/mol. The van der Waals surface area contributed by atoms with Crippen LogP contribution in [0.15, 0.2) is 30.7 Å². The van der Waals surface area contributed by atoms with Crippen LogP contribution in [0, 0.1) is 11.6 Å². The molecule has 134 valence electrons. The summed E-state index contributed by atoms with van der Waals surface area (Å²) in [6.07, 6.45) is 3.84. The number of nitrogens with one attached hydrogen (secondary N) is 1. The summed E-state index contributed by atoms with van der Waals surface area (Å²) in [6.45, 7) is 3.70. The van der Waals surface area contributed by atoms with Gasteiger partial charge in [0.05, 0.1) is 18.0 Å². The number of hydrazine groups is 1. The van der Waals surface area contributed by atoms with Gasteiger partial charge in [-0.25, -0.2) is 19.2 Å². The molecule has 2 aromatic rings. The van der Waals surface area contributed by atoms with E-state index in [1.165, 1.54) is 29.5 Å². The molecule has 0 unspecified atom stereocenters. The second-order valence-corrected chi connectivity index (χ2v) is 5.56. The smallest absolute Gasteiger partial charge is 0.250 e. The molecular formula is C16H20F2N6O. The van der Waals surface area contributed by atoms with Gasteiger partial charge in [0.2, 0.25) is 5.91 Å². The second-order valence-electron chi connectivity index (χ2n) is 5.56. The molecule has 1 amide bonds. The van der Waals surface area contributed by atoms with Crippen LogP contribution in [-0.4, -0.2) is 28.0 Å². The third-order valence-corrected chi connectivity index (χ3v) is 3.69. The minimum absolute atomic E-state index is 0.154. The summed E-state index contributed by atoms with van der Waals surface area (Å²) in [6, 6.07) is 2.41. The maximum Gasteiger partial charge on any atom is 0.250 e. The standard InChI is InChI=1S/C16H20F2N6O/c1-3-12(9(2)19)23-24(13-8-21-7-11(17)15(13)18)14-5-4-10(6-22-14)16(20)25/h4-9,12,23H,3,19H2,1-2H3,(H2,20,25)/t9-,12+/m0/s1. The molecule has 7 nitrogen and oxygen atoms in total. The first kappa shape index (κ1) is 18.7. The van der Waals surface area contributed by atoms with Crippen molar-refractivity contribution in [3.63, 3.8) is 0 Å². The highest BCUT2D eigenvalue weighted by molar-refractivity contribution is 5.92. The molecule has 9 heteroatoms. The molecule has 2 atom stereocenters. The Balaban J connectivity index is 2.48. The molecule has 0 saturated carbocycles. The van der Waals surface area contributed by atoms with Crippen LogP contribution in [0.3, 0.4) is 0 Å². The predicted octanol–water partition coefficient (Wildman–Crippen LogP) is 1.62. The van der Waals surface area contributed by atoms with Crippen molar-refractivity contribution in [2.24, 2.45) is 11.5 Å². The molecule has 0 fully saturated rings. The number of amides is 1. The molecule has 2 heterocycles. The highest BCUT2D eigenvalue weighted by atomic mass is 19.2. The molecule has 25 heavy (non-hydrogen) atoms. The number of halogens is 2. The molecule has 0 saturated heterocycles. The quantitative estimate of drug-likeness (QED) is 0.655. The summed E-state index contributed by atoms with van der Waals surface area (Å²) >= 11 is 0. The van der Waals surface area contributed by atoms with E-state index in [1.807, 2.05) is 6.92 Å². The lowest BCUT2D eigenvalue weighted by Crippen LogP contribution is -2.50. The highest BCUT2D eigenvalue weighted by Gasteiger charge is 2.23. The van der Waals surface area contributed by atoms with Gasteiger partial charge >= 0.3 is 0 Å². The van der Waals surface area contributed by atoms with Crippen LogP contribution in [0.1, 0.15) is 30.6 Å². The Morgan fingerprint density at radius 1 is 1.32 bits per heavy atom. The maximum absolute atomic E-state index is 14.3. The van der Waals surface area contributed by atoms with Gasteiger partial charge in [-0.3, -0.25) is 14.8 Å². The number of hydrogen-bond acceptors (Lipinski definition) is 6. The number of carbonyl (C=O) groups is 1. The highest BCUT2D eigenvalue weighted by Crippen LogP contribution is 2.26. The van der Waals surface area contributed by atoms with Gasteiger partial charge in [-0.2, -0.15) is 0 Å². The number of hydrogen-bond donors (Lipinski definition) is 3. The van der Waals surface area contributed by atoms with E-state index in [9.17, 15) is 13.6 Å². The first-order valence-electron chi connectivity index (χ1n) is 7.71. The first-order valence-corrected chi connectivity index (χ1v) is 7.71. The minimum atomic E-state index is -1.09. The summed E-state index contributed by atoms with van der Waals surface area (Å²) < 4.78 is 27.9. The monoisotopic (exact) mass is 350 g/mol. The Labute approximate surface area is 144 Å². The number of anilines is 2. The zero-order valence-corrected chi connectivity index (χ0v) is 13.9. The number of pyridine rings is 2. The molecule has 0 aliphatic carbocycles. The van der Waals surface area contributed by atoms with Crippen LogP contribution in [0.25, 0.3) is 0 Å². The van der Waals surface area contributed by atoms with Crippen molar-refractivity contribution in [3.05, 3.63) is 47.9 Å². The molecule has 0 bridgehead atoms. The summed E-state index contributed by atoms with van der Waals surface area (Å²) in [5.74, 6) is -2.58. The molecule has 0 spiro atoms. The van der Waals surface area contributed by atoms with Crippen LogP contribution in [0.2, 0.25) is 0 Å². The number of carbonyl (C=O) groups excluding carboxylic acids is 1. The Morgan fingerprint density at radius 3 is 2.56 bits per heavy atom. The molecule has 0 radical (unpaired) electrons. The van der Waals surface area contributed by atoms with Crippen molar-refractivity contribution in [2.75, 3.05) is 5.01 Å². The molecule has 0 aliphatic heterocycles. The van der Waals surface area contributed by atoms with E-state index < -0.39 is 17.5 Å². The average Bonchev–Trinajstić information content (AvgIpc) is 2.59. The van der Waals surface area contributed by atoms with Gasteiger partial charge in [0.15, 0.2) is 11.6 Å². The Hall–Kier alpha value is -2.65. The average molecular weight is 350 g/mol. The number of aromatic nitrogens is 2. The van der Waals surface area contributed by atoms with Gasteiger partial charge in [0.1, 0.15) is 11.5 Å². The van der Waals surface area contributed by atoms with Gasteiger partial charge in [0, 0.05) is 18.3 Å². The van der Waals surface area contributed by atoms with Crippen LogP contribution >= 0.6 is 0 Å². The van der Waals surface area contributed by atoms with Crippen molar-refractivity contribution in [1.82, 2.24) is 15.4 Å². The molecule has 0 aromatic carbocycles. The Kier molecular flexibility index (Phi) is 5.94. The lowest BCUT2D eigenvalue weighted by Gasteiger charge is -2.31. The molecule has 5 N–H and O–H groups in total. The van der Waals surface area contributed by atoms with E-state index in [4.69, 9.17) is 11.5 Å². The molecular weight excluding hydrogens is 330 g/mol. The molecule has 0 aliphatic rings. The summed E-state index contributed by atoms with van der Waals surface area (Å²) in [7, 11) is 0.